The predicted octanol–water partition coefficient (Wildman–Crippen LogP) is 2.85. The van der Waals surface area contributed by atoms with Gasteiger partial charge in [0.25, 0.3) is 0 Å². The second-order valence-electron chi connectivity index (χ2n) is 4.85. The highest BCUT2D eigenvalue weighted by Gasteiger charge is 2.39. The quantitative estimate of drug-likeness (QED) is 0.678. The summed E-state index contributed by atoms with van der Waals surface area (Å²) in [5.41, 5.74) is -1.51. The zero-order chi connectivity index (χ0) is 14.2. The van der Waals surface area contributed by atoms with Crippen molar-refractivity contribution in [3.8, 4) is 0 Å². The maximum Gasteiger partial charge on any atom is 0.327 e. The molecule has 2 unspecified atom stereocenters. The topological polar surface area (TPSA) is 64.4 Å². The molecule has 1 heterocycles. The Labute approximate surface area is 108 Å². The lowest BCUT2D eigenvalue weighted by atomic mass is 9.94. The van der Waals surface area contributed by atoms with Gasteiger partial charge in [0.05, 0.1) is 16.6 Å². The zero-order valence-corrected chi connectivity index (χ0v) is 10.6. The zero-order valence-electron chi connectivity index (χ0n) is 10.6. The summed E-state index contributed by atoms with van der Waals surface area (Å²) in [4.78, 5) is 10.0. The molecule has 1 aromatic carbocycles. The number of rotatable bonds is 3. The van der Waals surface area contributed by atoms with E-state index in [1.807, 2.05) is 6.92 Å². The third-order valence-corrected chi connectivity index (χ3v) is 3.52. The largest absolute Gasteiger partial charge is 0.376 e. The summed E-state index contributed by atoms with van der Waals surface area (Å²) in [6, 6.07) is 1.43. The maximum absolute atomic E-state index is 13.5. The number of hydrogen-bond acceptors (Lipinski definition) is 4. The van der Waals surface area contributed by atoms with E-state index in [4.69, 9.17) is 4.74 Å². The van der Waals surface area contributed by atoms with Crippen molar-refractivity contribution >= 4 is 11.4 Å². The number of hydrogen-bond donors (Lipinski definition) is 1. The van der Waals surface area contributed by atoms with Gasteiger partial charge in [-0.3, -0.25) is 10.1 Å². The van der Waals surface area contributed by atoms with E-state index in [1.54, 1.807) is 6.92 Å². The average Bonchev–Trinajstić information content (AvgIpc) is 2.56. The molecule has 0 saturated carbocycles. The first-order valence-corrected chi connectivity index (χ1v) is 5.87. The number of benzene rings is 1. The van der Waals surface area contributed by atoms with Gasteiger partial charge in [-0.15, -0.1) is 0 Å². The molecule has 1 fully saturated rings. The van der Waals surface area contributed by atoms with E-state index in [0.717, 1.165) is 6.07 Å². The van der Waals surface area contributed by atoms with E-state index in [2.05, 4.69) is 5.32 Å². The number of nitrogens with zero attached hydrogens (tertiary/aromatic N) is 1. The summed E-state index contributed by atoms with van der Waals surface area (Å²) >= 11 is 0. The van der Waals surface area contributed by atoms with Crippen LogP contribution in [0.25, 0.3) is 0 Å². The summed E-state index contributed by atoms with van der Waals surface area (Å²) in [7, 11) is 0. The van der Waals surface area contributed by atoms with Crippen LogP contribution in [0.2, 0.25) is 0 Å². The van der Waals surface area contributed by atoms with Gasteiger partial charge in [0, 0.05) is 18.7 Å². The van der Waals surface area contributed by atoms with E-state index < -0.39 is 27.8 Å². The summed E-state index contributed by atoms with van der Waals surface area (Å²) in [5.74, 6) is -2.05. The average molecular weight is 272 g/mol. The second-order valence-corrected chi connectivity index (χ2v) is 4.85. The van der Waals surface area contributed by atoms with Crippen molar-refractivity contribution in [1.82, 2.24) is 0 Å². The van der Waals surface area contributed by atoms with Gasteiger partial charge in [-0.05, 0) is 20.3 Å². The van der Waals surface area contributed by atoms with Crippen molar-refractivity contribution in [1.29, 1.82) is 0 Å². The number of nitro groups is 1. The van der Waals surface area contributed by atoms with Gasteiger partial charge < -0.3 is 10.1 Å². The number of nitro benzene ring substituents is 1. The highest BCUT2D eigenvalue weighted by molar-refractivity contribution is 5.63. The molecule has 1 saturated heterocycles. The fourth-order valence-electron chi connectivity index (χ4n) is 2.15. The van der Waals surface area contributed by atoms with Gasteiger partial charge in [0.15, 0.2) is 0 Å². The molecule has 1 aromatic rings. The maximum atomic E-state index is 13.5. The van der Waals surface area contributed by atoms with Crippen LogP contribution in [0.15, 0.2) is 12.1 Å². The summed E-state index contributed by atoms with van der Waals surface area (Å²) in [6.07, 6.45) is 0.391. The highest BCUT2D eigenvalue weighted by Crippen LogP contribution is 2.35. The smallest absolute Gasteiger partial charge is 0.327 e. The monoisotopic (exact) mass is 272 g/mol. The molecule has 1 N–H and O–H groups in total. The minimum atomic E-state index is -1.19. The standard InChI is InChI=1S/C12H14F2N2O3/c1-7-12(2,3-4-19-7)15-10-6-8(13)5-9(14)11(10)16(17)18/h5-7,15H,3-4H2,1-2H3. The van der Waals surface area contributed by atoms with Crippen molar-refractivity contribution < 1.29 is 18.4 Å². The van der Waals surface area contributed by atoms with Gasteiger partial charge in [-0.25, -0.2) is 4.39 Å². The Kier molecular flexibility index (Phi) is 3.40. The first kappa shape index (κ1) is 13.7. The van der Waals surface area contributed by atoms with Crippen LogP contribution in [0.3, 0.4) is 0 Å². The first-order valence-electron chi connectivity index (χ1n) is 5.87. The van der Waals surface area contributed by atoms with Crippen molar-refractivity contribution in [2.24, 2.45) is 0 Å². The molecular formula is C12H14F2N2O3. The van der Waals surface area contributed by atoms with Gasteiger partial charge >= 0.3 is 5.69 Å². The Balaban J connectivity index is 2.42. The molecule has 0 aliphatic carbocycles. The number of halogens is 2. The summed E-state index contributed by atoms with van der Waals surface area (Å²) in [6.45, 7) is 4.11. The molecule has 5 nitrogen and oxygen atoms in total. The van der Waals surface area contributed by atoms with Crippen molar-refractivity contribution in [3.05, 3.63) is 33.9 Å². The number of anilines is 1. The molecule has 2 rings (SSSR count). The SMILES string of the molecule is CC1OCCC1(C)Nc1cc(F)cc(F)c1[N+](=O)[O-]. The minimum absolute atomic E-state index is 0.164. The lowest BCUT2D eigenvalue weighted by molar-refractivity contribution is -0.386. The Bertz CT molecular complexity index is 524. The molecule has 0 amide bonds. The third-order valence-electron chi connectivity index (χ3n) is 3.52. The molecular weight excluding hydrogens is 258 g/mol. The Morgan fingerprint density at radius 3 is 2.74 bits per heavy atom. The minimum Gasteiger partial charge on any atom is -0.376 e. The molecule has 0 aromatic heterocycles. The van der Waals surface area contributed by atoms with Crippen LogP contribution in [0, 0.1) is 21.7 Å². The van der Waals surface area contributed by atoms with Crippen LogP contribution in [-0.2, 0) is 4.74 Å². The normalized spacial score (nSPS) is 26.4. The van der Waals surface area contributed by atoms with Crippen molar-refractivity contribution in [2.75, 3.05) is 11.9 Å². The molecule has 0 spiro atoms. The molecule has 7 heteroatoms. The van der Waals surface area contributed by atoms with Crippen molar-refractivity contribution in [2.45, 2.75) is 31.9 Å². The second kappa shape index (κ2) is 4.73. The lowest BCUT2D eigenvalue weighted by Crippen LogP contribution is -2.41. The molecule has 19 heavy (non-hydrogen) atoms. The van der Waals surface area contributed by atoms with E-state index >= 15 is 0 Å². The van der Waals surface area contributed by atoms with Crippen LogP contribution in [-0.4, -0.2) is 23.2 Å². The molecule has 104 valence electrons. The molecule has 1 aliphatic heterocycles. The predicted molar refractivity (Wildman–Crippen MR) is 65.1 cm³/mol. The number of ether oxygens (including phenoxy) is 1. The molecule has 1 aliphatic rings. The highest BCUT2D eigenvalue weighted by atomic mass is 19.1. The Morgan fingerprint density at radius 1 is 1.53 bits per heavy atom. The van der Waals surface area contributed by atoms with Crippen LogP contribution < -0.4 is 5.32 Å². The fourth-order valence-corrected chi connectivity index (χ4v) is 2.15. The van der Waals surface area contributed by atoms with Gasteiger partial charge in [0.1, 0.15) is 11.5 Å². The van der Waals surface area contributed by atoms with Gasteiger partial charge in [-0.2, -0.15) is 4.39 Å². The fraction of sp³-hybridized carbons (Fsp3) is 0.500. The summed E-state index contributed by atoms with van der Waals surface area (Å²) < 4.78 is 32.1. The third kappa shape index (κ3) is 2.51. The van der Waals surface area contributed by atoms with Crippen LogP contribution >= 0.6 is 0 Å². The van der Waals surface area contributed by atoms with Gasteiger partial charge in [-0.1, -0.05) is 0 Å². The summed E-state index contributed by atoms with van der Waals surface area (Å²) in [5, 5.41) is 13.7. The van der Waals surface area contributed by atoms with Crippen LogP contribution in [0.4, 0.5) is 20.2 Å². The van der Waals surface area contributed by atoms with Crippen LogP contribution in [0.5, 0.6) is 0 Å². The Hall–Kier alpha value is -1.76. The van der Waals surface area contributed by atoms with Crippen molar-refractivity contribution in [3.63, 3.8) is 0 Å². The van der Waals surface area contributed by atoms with Gasteiger partial charge in [0.2, 0.25) is 5.82 Å². The van der Waals surface area contributed by atoms with E-state index in [9.17, 15) is 18.9 Å². The van der Waals surface area contributed by atoms with E-state index in [-0.39, 0.29) is 11.8 Å². The molecule has 2 atom stereocenters. The van der Waals surface area contributed by atoms with E-state index in [1.165, 1.54) is 0 Å². The Morgan fingerprint density at radius 2 is 2.21 bits per heavy atom. The molecule has 0 bridgehead atoms. The number of nitrogens with one attached hydrogen (secondary N) is 1. The van der Waals surface area contributed by atoms with Crippen LogP contribution in [0.1, 0.15) is 20.3 Å². The first-order chi connectivity index (χ1) is 8.83. The van der Waals surface area contributed by atoms with E-state index in [0.29, 0.717) is 19.1 Å². The molecule has 0 radical (unpaired) electrons. The lowest BCUT2D eigenvalue weighted by Gasteiger charge is -2.29.